The van der Waals surface area contributed by atoms with E-state index < -0.39 is 0 Å². The lowest BCUT2D eigenvalue weighted by molar-refractivity contribution is 0.297. The van der Waals surface area contributed by atoms with Gasteiger partial charge < -0.3 is 14.8 Å². The van der Waals surface area contributed by atoms with Gasteiger partial charge in [0.1, 0.15) is 0 Å². The van der Waals surface area contributed by atoms with Gasteiger partial charge in [-0.2, -0.15) is 0 Å². The third-order valence-electron chi connectivity index (χ3n) is 3.97. The monoisotopic (exact) mass is 277 g/mol. The number of likely N-dealkylation sites (N-methyl/N-ethyl adjacent to an activating group) is 1. The Kier molecular flexibility index (Phi) is 5.72. The maximum Gasteiger partial charge on any atom is 0.161 e. The fourth-order valence-corrected chi connectivity index (χ4v) is 2.80. The second kappa shape index (κ2) is 7.53. The van der Waals surface area contributed by atoms with Crippen LogP contribution in [-0.4, -0.2) is 25.8 Å². The van der Waals surface area contributed by atoms with E-state index in [0.29, 0.717) is 12.0 Å². The summed E-state index contributed by atoms with van der Waals surface area (Å²) in [5.41, 5.74) is 1.33. The molecule has 1 aliphatic heterocycles. The predicted octanol–water partition coefficient (Wildman–Crippen LogP) is 3.73. The van der Waals surface area contributed by atoms with Crippen molar-refractivity contribution in [3.8, 4) is 11.5 Å². The Morgan fingerprint density at radius 2 is 1.90 bits per heavy atom. The van der Waals surface area contributed by atoms with Crippen LogP contribution in [0.2, 0.25) is 0 Å². The summed E-state index contributed by atoms with van der Waals surface area (Å²) in [7, 11) is 0. The zero-order valence-electron chi connectivity index (χ0n) is 12.9. The smallest absolute Gasteiger partial charge is 0.161 e. The van der Waals surface area contributed by atoms with E-state index in [2.05, 4.69) is 44.3 Å². The van der Waals surface area contributed by atoms with Crippen LogP contribution in [0, 0.1) is 0 Å². The van der Waals surface area contributed by atoms with Crippen molar-refractivity contribution in [1.82, 2.24) is 5.32 Å². The van der Waals surface area contributed by atoms with Crippen molar-refractivity contribution in [3.05, 3.63) is 23.8 Å². The number of hydrogen-bond donors (Lipinski definition) is 1. The van der Waals surface area contributed by atoms with Gasteiger partial charge in [0, 0.05) is 12.5 Å². The Bertz CT molecular complexity index is 413. The average molecular weight is 277 g/mol. The molecule has 0 fully saturated rings. The Hall–Kier alpha value is -1.22. The highest BCUT2D eigenvalue weighted by atomic mass is 16.5. The van der Waals surface area contributed by atoms with Crippen molar-refractivity contribution >= 4 is 0 Å². The molecule has 3 nitrogen and oxygen atoms in total. The molecule has 1 aliphatic rings. The second-order valence-electron chi connectivity index (χ2n) is 5.50. The maximum absolute atomic E-state index is 5.79. The van der Waals surface area contributed by atoms with Gasteiger partial charge >= 0.3 is 0 Å². The van der Waals surface area contributed by atoms with Crippen LogP contribution in [0.5, 0.6) is 11.5 Å². The standard InChI is InChI=1S/C17H27NO2/c1-4-7-15(18-5-2)13(3)14-8-9-16-17(12-14)20-11-6-10-19-16/h8-9,12-13,15,18H,4-7,10-11H2,1-3H3. The molecule has 1 N–H and O–H groups in total. The molecule has 112 valence electrons. The molecule has 1 aromatic carbocycles. The van der Waals surface area contributed by atoms with Gasteiger partial charge in [-0.1, -0.05) is 33.3 Å². The maximum atomic E-state index is 5.79. The molecule has 0 saturated carbocycles. The molecule has 2 rings (SSSR count). The summed E-state index contributed by atoms with van der Waals surface area (Å²) in [6.45, 7) is 9.21. The molecule has 1 aromatic rings. The van der Waals surface area contributed by atoms with E-state index in [9.17, 15) is 0 Å². The minimum Gasteiger partial charge on any atom is -0.490 e. The fourth-order valence-electron chi connectivity index (χ4n) is 2.80. The van der Waals surface area contributed by atoms with E-state index in [1.807, 2.05) is 0 Å². The lowest BCUT2D eigenvalue weighted by Gasteiger charge is -2.25. The zero-order chi connectivity index (χ0) is 14.4. The van der Waals surface area contributed by atoms with Crippen LogP contribution in [0.25, 0.3) is 0 Å². The molecule has 3 heteroatoms. The van der Waals surface area contributed by atoms with Crippen molar-refractivity contribution in [1.29, 1.82) is 0 Å². The first kappa shape index (κ1) is 15.2. The largest absolute Gasteiger partial charge is 0.490 e. The average Bonchev–Trinajstić information content (AvgIpc) is 2.70. The first-order valence-corrected chi connectivity index (χ1v) is 7.89. The van der Waals surface area contributed by atoms with Crippen molar-refractivity contribution < 1.29 is 9.47 Å². The highest BCUT2D eigenvalue weighted by Gasteiger charge is 2.19. The molecule has 0 aromatic heterocycles. The molecule has 0 saturated heterocycles. The van der Waals surface area contributed by atoms with Crippen LogP contribution < -0.4 is 14.8 Å². The molecule has 20 heavy (non-hydrogen) atoms. The minimum absolute atomic E-state index is 0.479. The lowest BCUT2D eigenvalue weighted by Crippen LogP contribution is -2.33. The SMILES string of the molecule is CCCC(NCC)C(C)c1ccc2c(c1)OCCCO2. The first-order chi connectivity index (χ1) is 9.76. The second-order valence-corrected chi connectivity index (χ2v) is 5.50. The van der Waals surface area contributed by atoms with E-state index in [-0.39, 0.29) is 0 Å². The molecule has 0 radical (unpaired) electrons. The van der Waals surface area contributed by atoms with Crippen LogP contribution in [0.1, 0.15) is 51.5 Å². The number of benzene rings is 1. The van der Waals surface area contributed by atoms with E-state index in [1.54, 1.807) is 0 Å². The third-order valence-corrected chi connectivity index (χ3v) is 3.97. The van der Waals surface area contributed by atoms with E-state index in [1.165, 1.54) is 18.4 Å². The number of fused-ring (bicyclic) bond motifs is 1. The van der Waals surface area contributed by atoms with Crippen molar-refractivity contribution in [2.45, 2.75) is 52.0 Å². The van der Waals surface area contributed by atoms with E-state index in [0.717, 1.165) is 37.7 Å². The van der Waals surface area contributed by atoms with Gasteiger partial charge in [-0.3, -0.25) is 0 Å². The van der Waals surface area contributed by atoms with E-state index in [4.69, 9.17) is 9.47 Å². The summed E-state index contributed by atoms with van der Waals surface area (Å²) in [5, 5.41) is 3.60. The fraction of sp³-hybridized carbons (Fsp3) is 0.647. The lowest BCUT2D eigenvalue weighted by atomic mass is 9.90. The van der Waals surface area contributed by atoms with Gasteiger partial charge in [0.2, 0.25) is 0 Å². The van der Waals surface area contributed by atoms with Crippen molar-refractivity contribution in [3.63, 3.8) is 0 Å². The Morgan fingerprint density at radius 1 is 1.15 bits per heavy atom. The quantitative estimate of drug-likeness (QED) is 0.859. The summed E-state index contributed by atoms with van der Waals surface area (Å²) in [6, 6.07) is 6.92. The van der Waals surface area contributed by atoms with E-state index >= 15 is 0 Å². The number of nitrogens with one attached hydrogen (secondary N) is 1. The van der Waals surface area contributed by atoms with Gasteiger partial charge in [0.25, 0.3) is 0 Å². The van der Waals surface area contributed by atoms with Crippen LogP contribution in [0.3, 0.4) is 0 Å². The molecule has 0 spiro atoms. The van der Waals surface area contributed by atoms with Crippen LogP contribution in [0.15, 0.2) is 18.2 Å². The summed E-state index contributed by atoms with van der Waals surface area (Å²) < 4.78 is 11.5. The highest BCUT2D eigenvalue weighted by molar-refractivity contribution is 5.44. The highest BCUT2D eigenvalue weighted by Crippen LogP contribution is 2.34. The summed E-state index contributed by atoms with van der Waals surface area (Å²) >= 11 is 0. The summed E-state index contributed by atoms with van der Waals surface area (Å²) in [6.07, 6.45) is 3.35. The minimum atomic E-state index is 0.479. The normalized spacial score (nSPS) is 17.4. The van der Waals surface area contributed by atoms with Crippen LogP contribution in [0.4, 0.5) is 0 Å². The van der Waals surface area contributed by atoms with Crippen LogP contribution in [-0.2, 0) is 0 Å². The van der Waals surface area contributed by atoms with Gasteiger partial charge in [-0.15, -0.1) is 0 Å². The Labute approximate surface area is 122 Å². The predicted molar refractivity (Wildman–Crippen MR) is 82.8 cm³/mol. The molecular formula is C17H27NO2. The third kappa shape index (κ3) is 3.66. The summed E-state index contributed by atoms with van der Waals surface area (Å²) in [5.74, 6) is 2.26. The van der Waals surface area contributed by atoms with Gasteiger partial charge in [-0.25, -0.2) is 0 Å². The van der Waals surface area contributed by atoms with Crippen molar-refractivity contribution in [2.24, 2.45) is 0 Å². The molecule has 0 amide bonds. The van der Waals surface area contributed by atoms with Gasteiger partial charge in [-0.05, 0) is 36.6 Å². The van der Waals surface area contributed by atoms with Gasteiger partial charge in [0.15, 0.2) is 11.5 Å². The molecule has 1 heterocycles. The molecule has 0 aliphatic carbocycles. The molecular weight excluding hydrogens is 250 g/mol. The number of rotatable bonds is 6. The topological polar surface area (TPSA) is 30.5 Å². The number of hydrogen-bond acceptors (Lipinski definition) is 3. The molecule has 2 atom stereocenters. The number of ether oxygens (including phenoxy) is 2. The van der Waals surface area contributed by atoms with Crippen LogP contribution >= 0.6 is 0 Å². The zero-order valence-corrected chi connectivity index (χ0v) is 12.9. The molecule has 0 bridgehead atoms. The first-order valence-electron chi connectivity index (χ1n) is 7.89. The molecule has 2 unspecified atom stereocenters. The van der Waals surface area contributed by atoms with Crippen molar-refractivity contribution in [2.75, 3.05) is 19.8 Å². The Balaban J connectivity index is 2.16. The van der Waals surface area contributed by atoms with Gasteiger partial charge in [0.05, 0.1) is 13.2 Å². The Morgan fingerprint density at radius 3 is 2.60 bits per heavy atom. The summed E-state index contributed by atoms with van der Waals surface area (Å²) in [4.78, 5) is 0.